The third-order valence-corrected chi connectivity index (χ3v) is 4.25. The Kier molecular flexibility index (Phi) is 3.53. The van der Waals surface area contributed by atoms with Gasteiger partial charge in [0.2, 0.25) is 5.65 Å². The summed E-state index contributed by atoms with van der Waals surface area (Å²) in [4.78, 5) is 19.0. The van der Waals surface area contributed by atoms with Crippen molar-refractivity contribution in [2.24, 2.45) is 5.73 Å². The van der Waals surface area contributed by atoms with Crippen LogP contribution in [0, 0.1) is 5.82 Å². The first kappa shape index (κ1) is 14.8. The van der Waals surface area contributed by atoms with Crippen molar-refractivity contribution in [3.8, 4) is 0 Å². The first-order valence-electron chi connectivity index (χ1n) is 7.81. The third kappa shape index (κ3) is 2.54. The number of rotatable bonds is 3. The second-order valence-electron chi connectivity index (χ2n) is 6.01. The van der Waals surface area contributed by atoms with E-state index in [4.69, 9.17) is 5.73 Å². The van der Waals surface area contributed by atoms with Crippen LogP contribution in [0.4, 0.5) is 10.2 Å². The van der Waals surface area contributed by atoms with E-state index in [0.717, 1.165) is 18.5 Å². The van der Waals surface area contributed by atoms with Crippen molar-refractivity contribution in [2.75, 3.05) is 18.0 Å². The van der Waals surface area contributed by atoms with E-state index in [2.05, 4.69) is 15.0 Å². The molecule has 7 nitrogen and oxygen atoms in total. The molecule has 0 unspecified atom stereocenters. The molecule has 1 fully saturated rings. The first-order valence-corrected chi connectivity index (χ1v) is 7.81. The molecule has 1 atom stereocenters. The van der Waals surface area contributed by atoms with Gasteiger partial charge in [0.05, 0.1) is 6.54 Å². The van der Waals surface area contributed by atoms with Gasteiger partial charge in [-0.25, -0.2) is 23.3 Å². The lowest BCUT2D eigenvalue weighted by atomic mass is 10.2. The van der Waals surface area contributed by atoms with E-state index in [0.29, 0.717) is 18.0 Å². The molecule has 0 amide bonds. The Morgan fingerprint density at radius 2 is 2.08 bits per heavy atom. The number of hydrogen-bond donors (Lipinski definition) is 1. The number of hydrogen-bond acceptors (Lipinski definition) is 5. The molecule has 1 aliphatic heterocycles. The van der Waals surface area contributed by atoms with Gasteiger partial charge in [-0.05, 0) is 24.1 Å². The SMILES string of the molecule is N[C@H]1CCN(c2nccn3c(=O)n(Cc4ccc(F)cc4)nc23)C1. The van der Waals surface area contributed by atoms with Crippen molar-refractivity contribution in [1.29, 1.82) is 0 Å². The van der Waals surface area contributed by atoms with E-state index in [-0.39, 0.29) is 24.1 Å². The number of aromatic nitrogens is 4. The molecule has 24 heavy (non-hydrogen) atoms. The van der Waals surface area contributed by atoms with Crippen LogP contribution in [0.25, 0.3) is 5.65 Å². The lowest BCUT2D eigenvalue weighted by Gasteiger charge is -2.16. The lowest BCUT2D eigenvalue weighted by molar-refractivity contribution is 0.622. The molecule has 0 aliphatic carbocycles. The molecule has 1 aliphatic rings. The second-order valence-corrected chi connectivity index (χ2v) is 6.01. The normalized spacial score (nSPS) is 17.8. The predicted octanol–water partition coefficient (Wildman–Crippen LogP) is 0.616. The number of anilines is 1. The van der Waals surface area contributed by atoms with Crippen molar-refractivity contribution in [2.45, 2.75) is 19.0 Å². The maximum atomic E-state index is 13.0. The Bertz CT molecular complexity index is 932. The van der Waals surface area contributed by atoms with Gasteiger partial charge in [-0.3, -0.25) is 0 Å². The Hall–Kier alpha value is -2.74. The molecule has 3 heterocycles. The zero-order chi connectivity index (χ0) is 16.7. The topological polar surface area (TPSA) is 81.5 Å². The molecule has 124 valence electrons. The summed E-state index contributed by atoms with van der Waals surface area (Å²) in [5.41, 5.74) is 7.03. The van der Waals surface area contributed by atoms with Gasteiger partial charge in [0.25, 0.3) is 0 Å². The molecule has 0 spiro atoms. The first-order chi connectivity index (χ1) is 11.6. The molecular formula is C16H17FN6O. The van der Waals surface area contributed by atoms with E-state index in [1.54, 1.807) is 24.5 Å². The minimum atomic E-state index is -0.307. The van der Waals surface area contributed by atoms with Crippen molar-refractivity contribution in [1.82, 2.24) is 19.2 Å². The van der Waals surface area contributed by atoms with E-state index < -0.39 is 0 Å². The van der Waals surface area contributed by atoms with E-state index >= 15 is 0 Å². The lowest BCUT2D eigenvalue weighted by Crippen LogP contribution is -2.27. The Morgan fingerprint density at radius 1 is 1.29 bits per heavy atom. The largest absolute Gasteiger partial charge is 0.352 e. The van der Waals surface area contributed by atoms with Crippen LogP contribution in [-0.2, 0) is 6.54 Å². The quantitative estimate of drug-likeness (QED) is 0.762. The number of fused-ring (bicyclic) bond motifs is 1. The van der Waals surface area contributed by atoms with Gasteiger partial charge in [-0.15, -0.1) is 5.10 Å². The third-order valence-electron chi connectivity index (χ3n) is 4.25. The van der Waals surface area contributed by atoms with Crippen molar-refractivity contribution >= 4 is 11.5 Å². The van der Waals surface area contributed by atoms with Crippen molar-refractivity contribution in [3.63, 3.8) is 0 Å². The van der Waals surface area contributed by atoms with Crippen LogP contribution in [0.3, 0.4) is 0 Å². The molecule has 0 saturated carbocycles. The molecule has 8 heteroatoms. The van der Waals surface area contributed by atoms with Crippen molar-refractivity contribution in [3.05, 3.63) is 58.5 Å². The highest BCUT2D eigenvalue weighted by molar-refractivity contribution is 5.63. The van der Waals surface area contributed by atoms with Crippen LogP contribution >= 0.6 is 0 Å². The Balaban J connectivity index is 1.74. The van der Waals surface area contributed by atoms with Crippen LogP contribution < -0.4 is 16.3 Å². The van der Waals surface area contributed by atoms with E-state index in [1.807, 2.05) is 0 Å². The molecule has 3 aromatic rings. The monoisotopic (exact) mass is 328 g/mol. The zero-order valence-electron chi connectivity index (χ0n) is 13.0. The molecule has 0 radical (unpaired) electrons. The van der Waals surface area contributed by atoms with Gasteiger partial charge < -0.3 is 10.6 Å². The maximum absolute atomic E-state index is 13.0. The summed E-state index contributed by atoms with van der Waals surface area (Å²) in [6.07, 6.45) is 4.09. The average Bonchev–Trinajstić information content (AvgIpc) is 3.14. The summed E-state index contributed by atoms with van der Waals surface area (Å²) < 4.78 is 15.9. The minimum absolute atomic E-state index is 0.111. The van der Waals surface area contributed by atoms with Crippen LogP contribution in [0.2, 0.25) is 0 Å². The smallest absolute Gasteiger partial charge is 0.350 e. The number of halogens is 1. The van der Waals surface area contributed by atoms with E-state index in [9.17, 15) is 9.18 Å². The highest BCUT2D eigenvalue weighted by Gasteiger charge is 2.24. The van der Waals surface area contributed by atoms with Crippen LogP contribution in [0.1, 0.15) is 12.0 Å². The zero-order valence-corrected chi connectivity index (χ0v) is 13.0. The molecule has 4 rings (SSSR count). The fourth-order valence-electron chi connectivity index (χ4n) is 3.00. The predicted molar refractivity (Wildman–Crippen MR) is 87.6 cm³/mol. The molecule has 1 aromatic carbocycles. The number of benzene rings is 1. The molecule has 0 bridgehead atoms. The Labute approximate surface area is 137 Å². The van der Waals surface area contributed by atoms with Crippen LogP contribution in [0.5, 0.6) is 0 Å². The van der Waals surface area contributed by atoms with Gasteiger partial charge in [-0.2, -0.15) is 0 Å². The highest BCUT2D eigenvalue weighted by Crippen LogP contribution is 2.20. The van der Waals surface area contributed by atoms with Gasteiger partial charge in [0, 0.05) is 31.5 Å². The molecule has 1 saturated heterocycles. The van der Waals surface area contributed by atoms with Gasteiger partial charge in [0.1, 0.15) is 5.82 Å². The van der Waals surface area contributed by atoms with Gasteiger partial charge in [-0.1, -0.05) is 12.1 Å². The fourth-order valence-corrected chi connectivity index (χ4v) is 3.00. The summed E-state index contributed by atoms with van der Waals surface area (Å²) in [6, 6.07) is 6.14. The van der Waals surface area contributed by atoms with Gasteiger partial charge >= 0.3 is 5.69 Å². The number of nitrogens with two attached hydrogens (primary N) is 1. The second kappa shape index (κ2) is 5.72. The highest BCUT2D eigenvalue weighted by atomic mass is 19.1. The van der Waals surface area contributed by atoms with Crippen molar-refractivity contribution < 1.29 is 4.39 Å². The standard InChI is InChI=1S/C16H17FN6O/c17-12-3-1-11(2-4-12)9-23-16(24)22-8-6-19-14(15(22)20-23)21-7-5-13(18)10-21/h1-4,6,8,13H,5,7,9-10,18H2/t13-/m0/s1. The summed E-state index contributed by atoms with van der Waals surface area (Å²) in [5, 5.41) is 4.43. The van der Waals surface area contributed by atoms with Crippen LogP contribution in [0.15, 0.2) is 41.5 Å². The van der Waals surface area contributed by atoms with Gasteiger partial charge in [0.15, 0.2) is 5.82 Å². The fraction of sp³-hybridized carbons (Fsp3) is 0.312. The summed E-state index contributed by atoms with van der Waals surface area (Å²) >= 11 is 0. The molecule has 2 N–H and O–H groups in total. The van der Waals surface area contributed by atoms with E-state index in [1.165, 1.54) is 21.2 Å². The number of nitrogens with zero attached hydrogens (tertiary/aromatic N) is 5. The minimum Gasteiger partial charge on any atom is -0.352 e. The maximum Gasteiger partial charge on any atom is 0.350 e. The molecule has 2 aromatic heterocycles. The Morgan fingerprint density at radius 3 is 2.79 bits per heavy atom. The summed E-state index contributed by atoms with van der Waals surface area (Å²) in [6.45, 7) is 1.78. The summed E-state index contributed by atoms with van der Waals surface area (Å²) in [7, 11) is 0. The van der Waals surface area contributed by atoms with Crippen LogP contribution in [-0.4, -0.2) is 38.3 Å². The summed E-state index contributed by atoms with van der Waals surface area (Å²) in [5.74, 6) is 0.360. The molecular weight excluding hydrogens is 311 g/mol. The average molecular weight is 328 g/mol.